The SMILES string of the molecule is CCN(C)c1ccc(C(=O)N2CC=C(c3c[nH]c4ccccc34)CC2)cc1. The van der Waals surface area contributed by atoms with Gasteiger partial charge < -0.3 is 14.8 Å². The molecule has 0 saturated carbocycles. The van der Waals surface area contributed by atoms with Gasteiger partial charge >= 0.3 is 0 Å². The first-order chi connectivity index (χ1) is 13.2. The van der Waals surface area contributed by atoms with Crippen molar-refractivity contribution in [1.29, 1.82) is 0 Å². The molecule has 4 rings (SSSR count). The zero-order valence-corrected chi connectivity index (χ0v) is 15.9. The average Bonchev–Trinajstić information content (AvgIpc) is 3.17. The van der Waals surface area contributed by atoms with Crippen molar-refractivity contribution in [2.45, 2.75) is 13.3 Å². The Labute approximate surface area is 160 Å². The molecule has 1 aromatic heterocycles. The smallest absolute Gasteiger partial charge is 0.254 e. The van der Waals surface area contributed by atoms with Gasteiger partial charge in [-0.25, -0.2) is 0 Å². The molecule has 0 bridgehead atoms. The summed E-state index contributed by atoms with van der Waals surface area (Å²) in [6, 6.07) is 16.3. The van der Waals surface area contributed by atoms with E-state index >= 15 is 0 Å². The van der Waals surface area contributed by atoms with E-state index in [0.717, 1.165) is 36.3 Å². The summed E-state index contributed by atoms with van der Waals surface area (Å²) in [6.45, 7) is 4.47. The van der Waals surface area contributed by atoms with Gasteiger partial charge in [0.2, 0.25) is 0 Å². The van der Waals surface area contributed by atoms with Crippen molar-refractivity contribution in [3.05, 3.63) is 71.9 Å². The highest BCUT2D eigenvalue weighted by Crippen LogP contribution is 2.29. The van der Waals surface area contributed by atoms with Gasteiger partial charge in [-0.15, -0.1) is 0 Å². The average molecular weight is 359 g/mol. The topological polar surface area (TPSA) is 39.3 Å². The molecule has 1 aliphatic rings. The fourth-order valence-corrected chi connectivity index (χ4v) is 3.66. The first kappa shape index (κ1) is 17.4. The Morgan fingerprint density at radius 1 is 1.15 bits per heavy atom. The van der Waals surface area contributed by atoms with Gasteiger partial charge in [0.25, 0.3) is 5.91 Å². The molecule has 0 fully saturated rings. The third-order valence-electron chi connectivity index (χ3n) is 5.46. The summed E-state index contributed by atoms with van der Waals surface area (Å²) in [5.74, 6) is 0.106. The molecular weight excluding hydrogens is 334 g/mol. The monoisotopic (exact) mass is 359 g/mol. The molecule has 0 unspecified atom stereocenters. The summed E-state index contributed by atoms with van der Waals surface area (Å²) in [7, 11) is 2.05. The Hall–Kier alpha value is -3.01. The molecule has 4 heteroatoms. The van der Waals surface area contributed by atoms with Crippen molar-refractivity contribution in [2.75, 3.05) is 31.6 Å². The number of benzene rings is 2. The number of rotatable bonds is 4. The summed E-state index contributed by atoms with van der Waals surface area (Å²) >= 11 is 0. The zero-order chi connectivity index (χ0) is 18.8. The van der Waals surface area contributed by atoms with Crippen LogP contribution in [0.5, 0.6) is 0 Å². The van der Waals surface area contributed by atoms with E-state index in [1.807, 2.05) is 35.2 Å². The maximum atomic E-state index is 12.8. The fraction of sp³-hybridized carbons (Fsp3) is 0.261. The molecule has 0 aliphatic carbocycles. The molecule has 27 heavy (non-hydrogen) atoms. The minimum Gasteiger partial charge on any atom is -0.375 e. The summed E-state index contributed by atoms with van der Waals surface area (Å²) < 4.78 is 0. The number of carbonyl (C=O) groups excluding carboxylic acids is 1. The Morgan fingerprint density at radius 2 is 1.93 bits per heavy atom. The second-order valence-electron chi connectivity index (χ2n) is 7.04. The van der Waals surface area contributed by atoms with Gasteiger partial charge in [-0.1, -0.05) is 24.3 Å². The lowest BCUT2D eigenvalue weighted by Gasteiger charge is -2.27. The highest BCUT2D eigenvalue weighted by atomic mass is 16.2. The van der Waals surface area contributed by atoms with Crippen LogP contribution in [0.1, 0.15) is 29.3 Å². The highest BCUT2D eigenvalue weighted by molar-refractivity contribution is 5.96. The standard InChI is InChI=1S/C23H25N3O/c1-3-25(2)19-10-8-18(9-11-19)23(27)26-14-12-17(13-15-26)21-16-24-22-7-5-4-6-20(21)22/h4-12,16,24H,3,13-15H2,1-2H3. The molecular formula is C23H25N3O. The number of carbonyl (C=O) groups is 1. The van der Waals surface area contributed by atoms with Gasteiger partial charge in [0, 0.05) is 60.6 Å². The lowest BCUT2D eigenvalue weighted by molar-refractivity contribution is 0.0773. The van der Waals surface area contributed by atoms with Crippen LogP contribution < -0.4 is 4.90 Å². The van der Waals surface area contributed by atoms with Crippen LogP contribution in [-0.4, -0.2) is 42.5 Å². The maximum Gasteiger partial charge on any atom is 0.254 e. The molecule has 138 valence electrons. The van der Waals surface area contributed by atoms with Gasteiger partial charge in [0.15, 0.2) is 0 Å². The summed E-state index contributed by atoms with van der Waals surface area (Å²) in [5.41, 5.74) is 5.62. The molecule has 3 aromatic rings. The number of fused-ring (bicyclic) bond motifs is 1. The van der Waals surface area contributed by atoms with Crippen LogP contribution in [0, 0.1) is 0 Å². The molecule has 1 N–H and O–H groups in total. The molecule has 0 spiro atoms. The fourth-order valence-electron chi connectivity index (χ4n) is 3.66. The van der Waals surface area contributed by atoms with E-state index in [1.54, 1.807) is 0 Å². The van der Waals surface area contributed by atoms with Gasteiger partial charge in [0.05, 0.1) is 0 Å². The minimum absolute atomic E-state index is 0.106. The Bertz CT molecular complexity index is 984. The number of H-pyrrole nitrogens is 1. The Morgan fingerprint density at radius 3 is 2.63 bits per heavy atom. The molecule has 1 amide bonds. The van der Waals surface area contributed by atoms with Crippen molar-refractivity contribution >= 4 is 28.1 Å². The molecule has 1 aliphatic heterocycles. The Kier molecular flexibility index (Phi) is 4.71. The normalized spacial score (nSPS) is 14.3. The van der Waals surface area contributed by atoms with Crippen LogP contribution in [0.15, 0.2) is 60.8 Å². The van der Waals surface area contributed by atoms with Crippen LogP contribution in [0.2, 0.25) is 0 Å². The third-order valence-corrected chi connectivity index (χ3v) is 5.46. The van der Waals surface area contributed by atoms with Crippen LogP contribution in [0.25, 0.3) is 16.5 Å². The zero-order valence-electron chi connectivity index (χ0n) is 15.9. The highest BCUT2D eigenvalue weighted by Gasteiger charge is 2.20. The number of aromatic nitrogens is 1. The lowest BCUT2D eigenvalue weighted by atomic mass is 9.98. The number of nitrogens with one attached hydrogen (secondary N) is 1. The number of anilines is 1. The first-order valence-corrected chi connectivity index (χ1v) is 9.53. The van der Waals surface area contributed by atoms with Crippen LogP contribution in [-0.2, 0) is 0 Å². The summed E-state index contributed by atoms with van der Waals surface area (Å²) in [5, 5.41) is 1.25. The number of amides is 1. The lowest BCUT2D eigenvalue weighted by Crippen LogP contribution is -2.34. The number of para-hydroxylation sites is 1. The third kappa shape index (κ3) is 3.35. The Balaban J connectivity index is 1.49. The van der Waals surface area contributed by atoms with E-state index in [-0.39, 0.29) is 5.91 Å². The van der Waals surface area contributed by atoms with Crippen molar-refractivity contribution < 1.29 is 4.79 Å². The summed E-state index contributed by atoms with van der Waals surface area (Å²) in [6.07, 6.45) is 5.15. The van der Waals surface area contributed by atoms with Crippen molar-refractivity contribution in [2.24, 2.45) is 0 Å². The van der Waals surface area contributed by atoms with Gasteiger partial charge in [-0.3, -0.25) is 4.79 Å². The van der Waals surface area contributed by atoms with Gasteiger partial charge in [0.1, 0.15) is 0 Å². The second-order valence-corrected chi connectivity index (χ2v) is 7.04. The van der Waals surface area contributed by atoms with Crippen LogP contribution >= 0.6 is 0 Å². The van der Waals surface area contributed by atoms with E-state index in [2.05, 4.69) is 54.3 Å². The molecule has 0 atom stereocenters. The number of nitrogens with zero attached hydrogens (tertiary/aromatic N) is 2. The number of hydrogen-bond acceptors (Lipinski definition) is 2. The van der Waals surface area contributed by atoms with Crippen molar-refractivity contribution in [1.82, 2.24) is 9.88 Å². The van der Waals surface area contributed by atoms with Crippen molar-refractivity contribution in [3.63, 3.8) is 0 Å². The van der Waals surface area contributed by atoms with E-state index < -0.39 is 0 Å². The quantitative estimate of drug-likeness (QED) is 0.742. The molecule has 0 saturated heterocycles. The predicted octanol–water partition coefficient (Wildman–Crippen LogP) is 4.55. The number of hydrogen-bond donors (Lipinski definition) is 1. The van der Waals surface area contributed by atoms with E-state index in [0.29, 0.717) is 6.54 Å². The first-order valence-electron chi connectivity index (χ1n) is 9.53. The maximum absolute atomic E-state index is 12.8. The van der Waals surface area contributed by atoms with E-state index in [1.165, 1.54) is 16.5 Å². The molecule has 4 nitrogen and oxygen atoms in total. The largest absolute Gasteiger partial charge is 0.375 e. The second kappa shape index (κ2) is 7.31. The van der Waals surface area contributed by atoms with Crippen LogP contribution in [0.3, 0.4) is 0 Å². The van der Waals surface area contributed by atoms with Gasteiger partial charge in [-0.05, 0) is 49.2 Å². The van der Waals surface area contributed by atoms with Crippen molar-refractivity contribution in [3.8, 4) is 0 Å². The predicted molar refractivity (Wildman–Crippen MR) is 112 cm³/mol. The number of aromatic amines is 1. The minimum atomic E-state index is 0.106. The summed E-state index contributed by atoms with van der Waals surface area (Å²) in [4.78, 5) is 20.3. The molecule has 0 radical (unpaired) electrons. The van der Waals surface area contributed by atoms with E-state index in [9.17, 15) is 4.79 Å². The van der Waals surface area contributed by atoms with Crippen LogP contribution in [0.4, 0.5) is 5.69 Å². The van der Waals surface area contributed by atoms with E-state index in [4.69, 9.17) is 0 Å². The molecule has 2 aromatic carbocycles. The van der Waals surface area contributed by atoms with Gasteiger partial charge in [-0.2, -0.15) is 0 Å². The molecule has 2 heterocycles.